The van der Waals surface area contributed by atoms with E-state index in [2.05, 4.69) is 0 Å². The number of anilines is 1. The van der Waals surface area contributed by atoms with Gasteiger partial charge in [0.2, 0.25) is 11.8 Å². The lowest BCUT2D eigenvalue weighted by Gasteiger charge is -2.25. The lowest BCUT2D eigenvalue weighted by Crippen LogP contribution is -2.39. The first-order chi connectivity index (χ1) is 11.7. The van der Waals surface area contributed by atoms with Crippen LogP contribution in [0.15, 0.2) is 30.4 Å². The first kappa shape index (κ1) is 16.3. The molecule has 3 heterocycles. The van der Waals surface area contributed by atoms with Gasteiger partial charge in [-0.15, -0.1) is 0 Å². The van der Waals surface area contributed by atoms with Crippen molar-refractivity contribution in [2.45, 2.75) is 25.0 Å². The van der Waals surface area contributed by atoms with Gasteiger partial charge in [0.25, 0.3) is 0 Å². The van der Waals surface area contributed by atoms with Crippen LogP contribution in [0.4, 0.5) is 5.69 Å². The van der Waals surface area contributed by atoms with Crippen molar-refractivity contribution in [3.63, 3.8) is 0 Å². The zero-order chi connectivity index (χ0) is 18.1. The largest absolute Gasteiger partial charge is 0.465 e. The predicted octanol–water partition coefficient (Wildman–Crippen LogP) is 2.35. The Morgan fingerprint density at radius 3 is 2.24 bits per heavy atom. The molecule has 0 spiro atoms. The highest BCUT2D eigenvalue weighted by molar-refractivity contribution is 6.34. The molecule has 4 atom stereocenters. The number of carbonyl (C=O) groups excluding carboxylic acids is 3. The standard InChI is InChI=1S/C18H16ClNO5/c1-17-6-7-18(2,25-17)13-12(17)14(21)20(15(13)22)9-4-5-11(19)10(8-9)16(23)24-3/h4-8,12-13H,1-3H3/t12-,13-,17+,18+/m0/s1. The molecule has 1 aromatic rings. The van der Waals surface area contributed by atoms with Gasteiger partial charge in [0.05, 0.1) is 46.4 Å². The molecule has 3 aliphatic rings. The van der Waals surface area contributed by atoms with E-state index in [-0.39, 0.29) is 22.4 Å². The van der Waals surface area contributed by atoms with Crippen molar-refractivity contribution in [2.24, 2.45) is 11.8 Å². The van der Waals surface area contributed by atoms with E-state index in [1.165, 1.54) is 19.2 Å². The molecule has 7 heteroatoms. The van der Waals surface area contributed by atoms with E-state index in [0.29, 0.717) is 5.69 Å². The number of hydrogen-bond donors (Lipinski definition) is 0. The van der Waals surface area contributed by atoms with Gasteiger partial charge in [-0.3, -0.25) is 9.59 Å². The molecule has 25 heavy (non-hydrogen) atoms. The molecule has 1 aromatic carbocycles. The van der Waals surface area contributed by atoms with Gasteiger partial charge in [0, 0.05) is 0 Å². The van der Waals surface area contributed by atoms with Crippen LogP contribution in [0, 0.1) is 11.8 Å². The third-order valence-corrected chi connectivity index (χ3v) is 5.67. The number of nitrogens with zero attached hydrogens (tertiary/aromatic N) is 1. The van der Waals surface area contributed by atoms with Crippen LogP contribution < -0.4 is 4.90 Å². The Morgan fingerprint density at radius 1 is 1.16 bits per heavy atom. The Morgan fingerprint density at radius 2 is 1.72 bits per heavy atom. The van der Waals surface area contributed by atoms with Gasteiger partial charge in [-0.05, 0) is 32.0 Å². The van der Waals surface area contributed by atoms with E-state index in [1.54, 1.807) is 6.07 Å². The Labute approximate surface area is 149 Å². The summed E-state index contributed by atoms with van der Waals surface area (Å²) in [7, 11) is 1.24. The molecule has 3 aliphatic heterocycles. The van der Waals surface area contributed by atoms with E-state index < -0.39 is 29.0 Å². The van der Waals surface area contributed by atoms with Crippen molar-refractivity contribution in [3.8, 4) is 0 Å². The number of esters is 1. The fourth-order valence-corrected chi connectivity index (χ4v) is 4.40. The molecule has 2 amide bonds. The molecule has 6 nitrogen and oxygen atoms in total. The summed E-state index contributed by atoms with van der Waals surface area (Å²) in [6, 6.07) is 4.43. The summed E-state index contributed by atoms with van der Waals surface area (Å²) in [6.45, 7) is 3.63. The Kier molecular flexibility index (Phi) is 3.21. The molecule has 0 unspecified atom stereocenters. The van der Waals surface area contributed by atoms with E-state index in [4.69, 9.17) is 21.1 Å². The highest BCUT2D eigenvalue weighted by atomic mass is 35.5. The van der Waals surface area contributed by atoms with Gasteiger partial charge >= 0.3 is 5.97 Å². The Balaban J connectivity index is 1.78. The summed E-state index contributed by atoms with van der Waals surface area (Å²) in [5.74, 6) is -2.44. The minimum absolute atomic E-state index is 0.106. The zero-order valence-corrected chi connectivity index (χ0v) is 14.7. The van der Waals surface area contributed by atoms with Crippen molar-refractivity contribution in [1.29, 1.82) is 0 Å². The number of benzene rings is 1. The molecule has 0 saturated carbocycles. The second-order valence-corrected chi connectivity index (χ2v) is 7.33. The minimum atomic E-state index is -0.793. The normalized spacial score (nSPS) is 35.4. The smallest absolute Gasteiger partial charge is 0.339 e. The highest BCUT2D eigenvalue weighted by Crippen LogP contribution is 2.57. The number of ether oxygens (including phenoxy) is 2. The molecule has 0 aliphatic carbocycles. The fraction of sp³-hybridized carbons (Fsp3) is 0.389. The quantitative estimate of drug-likeness (QED) is 0.459. The maximum Gasteiger partial charge on any atom is 0.339 e. The molecule has 0 aromatic heterocycles. The number of halogens is 1. The monoisotopic (exact) mass is 361 g/mol. The third kappa shape index (κ3) is 1.98. The molecule has 130 valence electrons. The second-order valence-electron chi connectivity index (χ2n) is 6.93. The highest BCUT2D eigenvalue weighted by Gasteiger charge is 2.70. The van der Waals surface area contributed by atoms with E-state index in [1.807, 2.05) is 26.0 Å². The maximum atomic E-state index is 13.0. The molecule has 0 N–H and O–H groups in total. The van der Waals surface area contributed by atoms with E-state index in [9.17, 15) is 14.4 Å². The number of amides is 2. The van der Waals surface area contributed by atoms with Crippen LogP contribution in [0.3, 0.4) is 0 Å². The average Bonchev–Trinajstić information content (AvgIpc) is 3.12. The van der Waals surface area contributed by atoms with Crippen LogP contribution in [0.2, 0.25) is 5.02 Å². The fourth-order valence-electron chi connectivity index (χ4n) is 4.20. The molecule has 0 radical (unpaired) electrons. The molecular formula is C18H16ClNO5. The van der Waals surface area contributed by atoms with Crippen LogP contribution in [-0.2, 0) is 19.1 Å². The van der Waals surface area contributed by atoms with Crippen molar-refractivity contribution in [1.82, 2.24) is 0 Å². The molecule has 4 rings (SSSR count). The van der Waals surface area contributed by atoms with Gasteiger partial charge in [-0.25, -0.2) is 9.69 Å². The van der Waals surface area contributed by atoms with Gasteiger partial charge in [-0.2, -0.15) is 0 Å². The summed E-state index contributed by atoms with van der Waals surface area (Å²) in [5.41, 5.74) is -1.17. The van der Waals surface area contributed by atoms with Crippen molar-refractivity contribution < 1.29 is 23.9 Å². The molecule has 2 bridgehead atoms. The van der Waals surface area contributed by atoms with Gasteiger partial charge in [-0.1, -0.05) is 23.8 Å². The first-order valence-corrected chi connectivity index (χ1v) is 8.26. The van der Waals surface area contributed by atoms with E-state index in [0.717, 1.165) is 4.90 Å². The summed E-state index contributed by atoms with van der Waals surface area (Å²) in [5, 5.41) is 0.193. The van der Waals surface area contributed by atoms with Gasteiger partial charge in [0.1, 0.15) is 0 Å². The average molecular weight is 362 g/mol. The van der Waals surface area contributed by atoms with Crippen LogP contribution in [0.1, 0.15) is 24.2 Å². The number of methoxy groups -OCH3 is 1. The topological polar surface area (TPSA) is 72.9 Å². The van der Waals surface area contributed by atoms with Gasteiger partial charge < -0.3 is 9.47 Å². The van der Waals surface area contributed by atoms with E-state index >= 15 is 0 Å². The summed E-state index contributed by atoms with van der Waals surface area (Å²) < 4.78 is 10.7. The lowest BCUT2D eigenvalue weighted by atomic mass is 9.73. The second kappa shape index (κ2) is 4.93. The molecule has 2 fully saturated rings. The van der Waals surface area contributed by atoms with Crippen LogP contribution >= 0.6 is 11.6 Å². The molecule has 2 saturated heterocycles. The molecular weight excluding hydrogens is 346 g/mol. The number of imide groups is 1. The number of carbonyl (C=O) groups is 3. The van der Waals surface area contributed by atoms with Crippen molar-refractivity contribution >= 4 is 35.1 Å². The number of rotatable bonds is 2. The number of fused-ring (bicyclic) bond motifs is 5. The Hall–Kier alpha value is -2.18. The summed E-state index contributed by atoms with van der Waals surface area (Å²) >= 11 is 6.03. The Bertz CT molecular complexity index is 829. The summed E-state index contributed by atoms with van der Waals surface area (Å²) in [4.78, 5) is 39.0. The SMILES string of the molecule is COC(=O)c1cc(N2C(=O)[C@@H]3[C@@H](C2=O)[C@@]2(C)C=C[C@@]3(C)O2)ccc1Cl. The van der Waals surface area contributed by atoms with Crippen LogP contribution in [-0.4, -0.2) is 36.1 Å². The summed E-state index contributed by atoms with van der Waals surface area (Å²) in [6.07, 6.45) is 3.70. The van der Waals surface area contributed by atoms with Gasteiger partial charge in [0.15, 0.2) is 0 Å². The predicted molar refractivity (Wildman–Crippen MR) is 89.3 cm³/mol. The van der Waals surface area contributed by atoms with Crippen LogP contribution in [0.5, 0.6) is 0 Å². The van der Waals surface area contributed by atoms with Crippen molar-refractivity contribution in [3.05, 3.63) is 40.9 Å². The van der Waals surface area contributed by atoms with Crippen LogP contribution in [0.25, 0.3) is 0 Å². The number of hydrogen-bond acceptors (Lipinski definition) is 5. The lowest BCUT2D eigenvalue weighted by molar-refractivity contribution is -0.128. The zero-order valence-electron chi connectivity index (χ0n) is 13.9. The first-order valence-electron chi connectivity index (χ1n) is 7.88. The van der Waals surface area contributed by atoms with Crippen molar-refractivity contribution in [2.75, 3.05) is 12.0 Å². The third-order valence-electron chi connectivity index (χ3n) is 5.34. The maximum absolute atomic E-state index is 13.0. The minimum Gasteiger partial charge on any atom is -0.465 e.